The Bertz CT molecular complexity index is 555. The summed E-state index contributed by atoms with van der Waals surface area (Å²) in [5.41, 5.74) is 0. The zero-order valence-electron chi connectivity index (χ0n) is 12.2. The van der Waals surface area contributed by atoms with E-state index in [1.807, 2.05) is 24.4 Å². The Morgan fingerprint density at radius 2 is 2.33 bits per heavy atom. The van der Waals surface area contributed by atoms with Gasteiger partial charge in [0, 0.05) is 18.0 Å². The van der Waals surface area contributed by atoms with E-state index in [1.165, 1.54) is 9.18 Å². The fourth-order valence-corrected chi connectivity index (χ4v) is 5.05. The zero-order valence-corrected chi connectivity index (χ0v) is 13.9. The standard InChI is InChI=1S/C14H22N2O3S2/c1-2-11-21(18,19)16-9-3-6-13(16)14(17)15-8-7-12-5-4-10-20-12/h4-5,10,13H,2-3,6-9,11H2,1H3,(H,15,17). The molecule has 1 unspecified atom stereocenters. The van der Waals surface area contributed by atoms with Crippen molar-refractivity contribution >= 4 is 27.3 Å². The number of carbonyl (C=O) groups is 1. The van der Waals surface area contributed by atoms with Gasteiger partial charge < -0.3 is 5.32 Å². The summed E-state index contributed by atoms with van der Waals surface area (Å²) in [5, 5.41) is 4.88. The molecule has 1 fully saturated rings. The first kappa shape index (κ1) is 16.5. The number of hydrogen-bond donors (Lipinski definition) is 1. The van der Waals surface area contributed by atoms with Crippen LogP contribution in [0.5, 0.6) is 0 Å². The first-order chi connectivity index (χ1) is 10.0. The van der Waals surface area contributed by atoms with Gasteiger partial charge in [0.2, 0.25) is 15.9 Å². The molecule has 0 radical (unpaired) electrons. The van der Waals surface area contributed by atoms with Crippen molar-refractivity contribution in [2.45, 2.75) is 38.6 Å². The number of sulfonamides is 1. The van der Waals surface area contributed by atoms with Gasteiger partial charge in [-0.1, -0.05) is 13.0 Å². The number of nitrogens with zero attached hydrogens (tertiary/aromatic N) is 1. The van der Waals surface area contributed by atoms with E-state index in [4.69, 9.17) is 0 Å². The number of rotatable bonds is 7. The van der Waals surface area contributed by atoms with Crippen LogP contribution in [-0.2, 0) is 21.2 Å². The summed E-state index contributed by atoms with van der Waals surface area (Å²) in [6.07, 6.45) is 2.74. The van der Waals surface area contributed by atoms with Gasteiger partial charge in [0.15, 0.2) is 0 Å². The van der Waals surface area contributed by atoms with Crippen LogP contribution >= 0.6 is 11.3 Å². The van der Waals surface area contributed by atoms with E-state index < -0.39 is 16.1 Å². The van der Waals surface area contributed by atoms with E-state index >= 15 is 0 Å². The van der Waals surface area contributed by atoms with Crippen molar-refractivity contribution < 1.29 is 13.2 Å². The van der Waals surface area contributed by atoms with Crippen molar-refractivity contribution in [3.63, 3.8) is 0 Å². The maximum atomic E-state index is 12.2. The predicted octanol–water partition coefficient (Wildman–Crippen LogP) is 1.61. The Labute approximate surface area is 130 Å². The third-order valence-corrected chi connectivity index (χ3v) is 6.59. The zero-order chi connectivity index (χ0) is 15.3. The van der Waals surface area contributed by atoms with Crippen molar-refractivity contribution in [3.8, 4) is 0 Å². The highest BCUT2D eigenvalue weighted by Crippen LogP contribution is 2.22. The molecule has 2 rings (SSSR count). The van der Waals surface area contributed by atoms with Gasteiger partial charge >= 0.3 is 0 Å². The molecule has 1 amide bonds. The lowest BCUT2D eigenvalue weighted by molar-refractivity contribution is -0.124. The largest absolute Gasteiger partial charge is 0.354 e. The fraction of sp³-hybridized carbons (Fsp3) is 0.643. The van der Waals surface area contributed by atoms with Gasteiger partial charge in [-0.15, -0.1) is 11.3 Å². The Balaban J connectivity index is 1.88. The van der Waals surface area contributed by atoms with Gasteiger partial charge in [0.25, 0.3) is 0 Å². The highest BCUT2D eigenvalue weighted by molar-refractivity contribution is 7.89. The molecule has 0 spiro atoms. The summed E-state index contributed by atoms with van der Waals surface area (Å²) in [5.74, 6) is -0.0462. The van der Waals surface area contributed by atoms with E-state index in [-0.39, 0.29) is 11.7 Å². The molecule has 1 aliphatic heterocycles. The molecule has 1 saturated heterocycles. The summed E-state index contributed by atoms with van der Waals surface area (Å²) in [7, 11) is -3.30. The Kier molecular flexibility index (Phi) is 5.78. The molecule has 5 nitrogen and oxygen atoms in total. The number of hydrogen-bond acceptors (Lipinski definition) is 4. The Morgan fingerprint density at radius 3 is 3.00 bits per heavy atom. The van der Waals surface area contributed by atoms with Crippen molar-refractivity contribution in [2.24, 2.45) is 0 Å². The topological polar surface area (TPSA) is 66.5 Å². The molecule has 0 saturated carbocycles. The van der Waals surface area contributed by atoms with Crippen molar-refractivity contribution in [1.29, 1.82) is 0 Å². The molecular formula is C14H22N2O3S2. The van der Waals surface area contributed by atoms with Crippen molar-refractivity contribution in [2.75, 3.05) is 18.8 Å². The number of thiophene rings is 1. The molecule has 2 heterocycles. The van der Waals surface area contributed by atoms with Crippen LogP contribution < -0.4 is 5.32 Å². The first-order valence-corrected chi connectivity index (χ1v) is 9.83. The molecule has 1 aliphatic rings. The van der Waals surface area contributed by atoms with E-state index in [1.54, 1.807) is 11.3 Å². The predicted molar refractivity (Wildman–Crippen MR) is 84.8 cm³/mol. The lowest BCUT2D eigenvalue weighted by atomic mass is 10.2. The average molecular weight is 330 g/mol. The van der Waals surface area contributed by atoms with Gasteiger partial charge in [0.05, 0.1) is 5.75 Å². The minimum atomic E-state index is -3.30. The second-order valence-electron chi connectivity index (χ2n) is 5.21. The van der Waals surface area contributed by atoms with Gasteiger partial charge in [-0.05, 0) is 37.1 Å². The van der Waals surface area contributed by atoms with Crippen LogP contribution in [0, 0.1) is 0 Å². The summed E-state index contributed by atoms with van der Waals surface area (Å²) >= 11 is 1.66. The highest BCUT2D eigenvalue weighted by Gasteiger charge is 2.37. The summed E-state index contributed by atoms with van der Waals surface area (Å²) in [4.78, 5) is 13.4. The van der Waals surface area contributed by atoms with Crippen LogP contribution in [0.15, 0.2) is 17.5 Å². The monoisotopic (exact) mass is 330 g/mol. The molecule has 118 valence electrons. The molecular weight excluding hydrogens is 308 g/mol. The summed E-state index contributed by atoms with van der Waals surface area (Å²) < 4.78 is 25.7. The minimum Gasteiger partial charge on any atom is -0.354 e. The van der Waals surface area contributed by atoms with Crippen LogP contribution in [0.2, 0.25) is 0 Å². The van der Waals surface area contributed by atoms with Crippen LogP contribution in [0.1, 0.15) is 31.1 Å². The molecule has 0 aliphatic carbocycles. The second-order valence-corrected chi connectivity index (χ2v) is 8.28. The summed E-state index contributed by atoms with van der Waals surface area (Å²) in [6.45, 7) is 2.85. The lowest BCUT2D eigenvalue weighted by Crippen LogP contribution is -2.46. The lowest BCUT2D eigenvalue weighted by Gasteiger charge is -2.23. The molecule has 7 heteroatoms. The van der Waals surface area contributed by atoms with E-state index in [9.17, 15) is 13.2 Å². The quantitative estimate of drug-likeness (QED) is 0.826. The van der Waals surface area contributed by atoms with Gasteiger partial charge in [0.1, 0.15) is 6.04 Å². The molecule has 1 atom stereocenters. The summed E-state index contributed by atoms with van der Waals surface area (Å²) in [6, 6.07) is 3.49. The second kappa shape index (κ2) is 7.38. The minimum absolute atomic E-state index is 0.117. The van der Waals surface area contributed by atoms with Crippen LogP contribution in [0.4, 0.5) is 0 Å². The average Bonchev–Trinajstić information content (AvgIpc) is 3.10. The third kappa shape index (κ3) is 4.28. The van der Waals surface area contributed by atoms with Crippen molar-refractivity contribution in [1.82, 2.24) is 9.62 Å². The maximum Gasteiger partial charge on any atom is 0.238 e. The number of carbonyl (C=O) groups excluding carboxylic acids is 1. The van der Waals surface area contributed by atoms with Gasteiger partial charge in [-0.3, -0.25) is 4.79 Å². The SMILES string of the molecule is CCCS(=O)(=O)N1CCCC1C(=O)NCCc1cccs1. The maximum absolute atomic E-state index is 12.2. The van der Waals surface area contributed by atoms with Gasteiger partial charge in [-0.2, -0.15) is 4.31 Å². The number of nitrogens with one attached hydrogen (secondary N) is 1. The Morgan fingerprint density at radius 1 is 1.52 bits per heavy atom. The molecule has 0 aromatic carbocycles. The molecule has 1 N–H and O–H groups in total. The van der Waals surface area contributed by atoms with Crippen LogP contribution in [0.25, 0.3) is 0 Å². The van der Waals surface area contributed by atoms with E-state index in [0.29, 0.717) is 25.9 Å². The van der Waals surface area contributed by atoms with Crippen LogP contribution in [0.3, 0.4) is 0 Å². The molecule has 0 bridgehead atoms. The normalized spacial score (nSPS) is 19.8. The van der Waals surface area contributed by atoms with Gasteiger partial charge in [-0.25, -0.2) is 8.42 Å². The first-order valence-electron chi connectivity index (χ1n) is 7.34. The van der Waals surface area contributed by atoms with Crippen LogP contribution in [-0.4, -0.2) is 43.5 Å². The fourth-order valence-electron chi connectivity index (χ4n) is 2.59. The highest BCUT2D eigenvalue weighted by atomic mass is 32.2. The van der Waals surface area contributed by atoms with E-state index in [2.05, 4.69) is 5.32 Å². The molecule has 1 aromatic heterocycles. The van der Waals surface area contributed by atoms with E-state index in [0.717, 1.165) is 12.8 Å². The molecule has 21 heavy (non-hydrogen) atoms. The smallest absolute Gasteiger partial charge is 0.238 e. The number of amides is 1. The Hall–Kier alpha value is -0.920. The van der Waals surface area contributed by atoms with Crippen molar-refractivity contribution in [3.05, 3.63) is 22.4 Å². The third-order valence-electron chi connectivity index (χ3n) is 3.58. The molecule has 1 aromatic rings.